The van der Waals surface area contributed by atoms with Crippen LogP contribution in [-0.2, 0) is 9.59 Å². The van der Waals surface area contributed by atoms with Crippen molar-refractivity contribution in [1.29, 1.82) is 0 Å². The second kappa shape index (κ2) is 3.67. The van der Waals surface area contributed by atoms with Crippen LogP contribution in [0.4, 0.5) is 0 Å². The van der Waals surface area contributed by atoms with Crippen molar-refractivity contribution in [2.24, 2.45) is 5.92 Å². The van der Waals surface area contributed by atoms with Gasteiger partial charge in [0.2, 0.25) is 0 Å². The average Bonchev–Trinajstić information content (AvgIpc) is 1.63. The Morgan fingerprint density at radius 3 is 1.89 bits per heavy atom. The molecule has 0 N–H and O–H groups in total. The molecule has 0 fully saturated rings. The quantitative estimate of drug-likeness (QED) is 0.561. The molecule has 0 rings (SSSR count). The third kappa shape index (κ3) is 4.21. The van der Waals surface area contributed by atoms with Crippen LogP contribution in [0.15, 0.2) is 0 Å². The van der Waals surface area contributed by atoms with E-state index in [0.29, 0.717) is 0 Å². The van der Waals surface area contributed by atoms with E-state index in [1.165, 1.54) is 6.92 Å². The molecule has 0 spiro atoms. The maximum absolute atomic E-state index is 10.7. The van der Waals surface area contributed by atoms with Crippen LogP contribution < -0.4 is 0 Å². The minimum absolute atomic E-state index is 0.0427. The molecule has 0 aromatic heterocycles. The lowest BCUT2D eigenvalue weighted by molar-refractivity contribution is -0.114. The average molecular weight is 146 g/mol. The van der Waals surface area contributed by atoms with E-state index in [9.17, 15) is 9.59 Å². The van der Waals surface area contributed by atoms with Crippen molar-refractivity contribution >= 4 is 22.0 Å². The zero-order chi connectivity index (χ0) is 7.44. The van der Waals surface area contributed by atoms with Crippen LogP contribution >= 0.6 is 11.8 Å². The zero-order valence-corrected chi connectivity index (χ0v) is 6.62. The Morgan fingerprint density at radius 2 is 1.78 bits per heavy atom. The molecule has 0 heterocycles. The fraction of sp³-hybridized carbons (Fsp3) is 0.667. The van der Waals surface area contributed by atoms with Crippen LogP contribution in [0.3, 0.4) is 0 Å². The van der Waals surface area contributed by atoms with Crippen molar-refractivity contribution in [1.82, 2.24) is 0 Å². The van der Waals surface area contributed by atoms with Gasteiger partial charge < -0.3 is 0 Å². The van der Waals surface area contributed by atoms with Crippen molar-refractivity contribution in [2.75, 3.05) is 0 Å². The van der Waals surface area contributed by atoms with Gasteiger partial charge in [0, 0.05) is 12.8 Å². The molecule has 52 valence electrons. The zero-order valence-electron chi connectivity index (χ0n) is 5.80. The third-order valence-electron chi connectivity index (χ3n) is 0.716. The van der Waals surface area contributed by atoms with Gasteiger partial charge in [-0.25, -0.2) is 0 Å². The van der Waals surface area contributed by atoms with Crippen LogP contribution in [0.1, 0.15) is 20.8 Å². The van der Waals surface area contributed by atoms with E-state index in [4.69, 9.17) is 0 Å². The Hall–Kier alpha value is -0.310. The summed E-state index contributed by atoms with van der Waals surface area (Å²) in [6.07, 6.45) is 0. The summed E-state index contributed by atoms with van der Waals surface area (Å²) in [5.74, 6) is -0.0427. The molecule has 9 heavy (non-hydrogen) atoms. The second-order valence-electron chi connectivity index (χ2n) is 2.07. The lowest BCUT2D eigenvalue weighted by Crippen LogP contribution is -2.03. The molecule has 0 radical (unpaired) electrons. The van der Waals surface area contributed by atoms with Gasteiger partial charge >= 0.3 is 0 Å². The topological polar surface area (TPSA) is 34.1 Å². The highest BCUT2D eigenvalue weighted by Crippen LogP contribution is 2.09. The molecule has 0 saturated heterocycles. The number of hydrogen-bond donors (Lipinski definition) is 0. The van der Waals surface area contributed by atoms with Gasteiger partial charge in [0.15, 0.2) is 10.2 Å². The molecule has 0 aliphatic heterocycles. The van der Waals surface area contributed by atoms with E-state index in [2.05, 4.69) is 0 Å². The molecular weight excluding hydrogens is 136 g/mol. The van der Waals surface area contributed by atoms with E-state index in [0.717, 1.165) is 11.8 Å². The molecule has 3 heteroatoms. The summed E-state index contributed by atoms with van der Waals surface area (Å²) in [6.45, 7) is 4.95. The second-order valence-corrected chi connectivity index (χ2v) is 3.25. The van der Waals surface area contributed by atoms with Crippen molar-refractivity contribution in [3.8, 4) is 0 Å². The van der Waals surface area contributed by atoms with Crippen LogP contribution in [0.2, 0.25) is 0 Å². The summed E-state index contributed by atoms with van der Waals surface area (Å²) < 4.78 is 0. The van der Waals surface area contributed by atoms with E-state index in [1.807, 2.05) is 0 Å². The molecule has 0 amide bonds. The number of hydrogen-bond acceptors (Lipinski definition) is 3. The Labute approximate surface area is 59.0 Å². The molecule has 0 saturated carbocycles. The Bertz CT molecular complexity index is 129. The van der Waals surface area contributed by atoms with E-state index >= 15 is 0 Å². The minimum Gasteiger partial charge on any atom is -0.287 e. The Morgan fingerprint density at radius 1 is 1.33 bits per heavy atom. The summed E-state index contributed by atoms with van der Waals surface area (Å²) in [7, 11) is 0. The number of carbonyl (C=O) groups excluding carboxylic acids is 2. The maximum Gasteiger partial charge on any atom is 0.198 e. The molecule has 0 bridgehead atoms. The van der Waals surface area contributed by atoms with Gasteiger partial charge in [-0.3, -0.25) is 9.59 Å². The van der Waals surface area contributed by atoms with Crippen LogP contribution in [0.5, 0.6) is 0 Å². The van der Waals surface area contributed by atoms with Crippen molar-refractivity contribution < 1.29 is 9.59 Å². The molecule has 0 aromatic carbocycles. The summed E-state index contributed by atoms with van der Waals surface area (Å²) >= 11 is 0.785. The molecule has 0 unspecified atom stereocenters. The Balaban J connectivity index is 3.64. The first kappa shape index (κ1) is 8.69. The van der Waals surface area contributed by atoms with E-state index in [-0.39, 0.29) is 16.1 Å². The van der Waals surface area contributed by atoms with Crippen molar-refractivity contribution in [2.45, 2.75) is 20.8 Å². The van der Waals surface area contributed by atoms with Gasteiger partial charge in [0.05, 0.1) is 0 Å². The van der Waals surface area contributed by atoms with Gasteiger partial charge in [0.1, 0.15) is 0 Å². The third-order valence-corrected chi connectivity index (χ3v) is 1.68. The van der Waals surface area contributed by atoms with Gasteiger partial charge in [0.25, 0.3) is 0 Å². The fourth-order valence-electron chi connectivity index (χ4n) is 0.260. The van der Waals surface area contributed by atoms with Gasteiger partial charge in [-0.05, 0) is 11.8 Å². The van der Waals surface area contributed by atoms with E-state index < -0.39 is 0 Å². The molecule has 0 aliphatic carbocycles. The first-order valence-corrected chi connectivity index (χ1v) is 3.58. The van der Waals surface area contributed by atoms with Crippen LogP contribution in [0.25, 0.3) is 0 Å². The van der Waals surface area contributed by atoms with Gasteiger partial charge in [-0.2, -0.15) is 0 Å². The minimum atomic E-state index is -0.131. The lowest BCUT2D eigenvalue weighted by atomic mass is 10.3. The smallest absolute Gasteiger partial charge is 0.198 e. The predicted octanol–water partition coefficient (Wildman–Crippen LogP) is 1.45. The van der Waals surface area contributed by atoms with Crippen molar-refractivity contribution in [3.05, 3.63) is 0 Å². The summed E-state index contributed by atoms with van der Waals surface area (Å²) in [5, 5.41) is -0.184. The first-order valence-electron chi connectivity index (χ1n) is 2.76. The number of rotatable bonds is 1. The summed E-state index contributed by atoms with van der Waals surface area (Å²) in [4.78, 5) is 21.0. The standard InChI is InChI=1S/C6H10O2S/c1-4(2)6(8)9-5(3)7/h4H,1-3H3. The highest BCUT2D eigenvalue weighted by Gasteiger charge is 2.09. The normalized spacial score (nSPS) is 9.78. The van der Waals surface area contributed by atoms with Crippen molar-refractivity contribution in [3.63, 3.8) is 0 Å². The molecule has 0 atom stereocenters. The first-order chi connectivity index (χ1) is 4.04. The molecular formula is C6H10O2S. The van der Waals surface area contributed by atoms with Crippen LogP contribution in [0, 0.1) is 5.92 Å². The van der Waals surface area contributed by atoms with Crippen LogP contribution in [-0.4, -0.2) is 10.2 Å². The SMILES string of the molecule is CC(=O)SC(=O)C(C)C. The molecule has 2 nitrogen and oxygen atoms in total. The molecule has 0 aromatic rings. The largest absolute Gasteiger partial charge is 0.287 e. The molecule has 0 aliphatic rings. The Kier molecular flexibility index (Phi) is 3.54. The predicted molar refractivity (Wildman–Crippen MR) is 38.1 cm³/mol. The lowest BCUT2D eigenvalue weighted by Gasteiger charge is -1.97. The number of carbonyl (C=O) groups is 2. The highest BCUT2D eigenvalue weighted by molar-refractivity contribution is 8.26. The number of thioether (sulfide) groups is 1. The van der Waals surface area contributed by atoms with Gasteiger partial charge in [-0.15, -0.1) is 0 Å². The van der Waals surface area contributed by atoms with Gasteiger partial charge in [-0.1, -0.05) is 13.8 Å². The highest BCUT2D eigenvalue weighted by atomic mass is 32.2. The monoisotopic (exact) mass is 146 g/mol. The maximum atomic E-state index is 10.7. The summed E-state index contributed by atoms with van der Waals surface area (Å²) in [6, 6.07) is 0. The van der Waals surface area contributed by atoms with E-state index in [1.54, 1.807) is 13.8 Å². The fourth-order valence-corrected chi connectivity index (χ4v) is 0.779. The summed E-state index contributed by atoms with van der Waals surface area (Å²) in [5.41, 5.74) is 0.